The fourth-order valence-corrected chi connectivity index (χ4v) is 3.04. The number of para-hydroxylation sites is 2. The van der Waals surface area contributed by atoms with Crippen LogP contribution in [-0.2, 0) is 13.1 Å². The smallest absolute Gasteiger partial charge is 0.191 e. The van der Waals surface area contributed by atoms with Crippen molar-refractivity contribution in [2.24, 2.45) is 4.99 Å². The first-order valence-electron chi connectivity index (χ1n) is 9.30. The first-order chi connectivity index (χ1) is 13.7. The van der Waals surface area contributed by atoms with Gasteiger partial charge >= 0.3 is 0 Å². The molecule has 3 rings (SSSR count). The molecule has 0 fully saturated rings. The lowest BCUT2D eigenvalue weighted by molar-refractivity contribution is 0.390. The van der Waals surface area contributed by atoms with Crippen LogP contribution in [0.15, 0.2) is 53.8 Å². The van der Waals surface area contributed by atoms with Gasteiger partial charge in [0.2, 0.25) is 0 Å². The third-order valence-electron chi connectivity index (χ3n) is 4.56. The van der Waals surface area contributed by atoms with Gasteiger partial charge in [0.05, 0.1) is 31.6 Å². The highest BCUT2D eigenvalue weighted by molar-refractivity contribution is 5.79. The Balaban J connectivity index is 1.47. The highest BCUT2D eigenvalue weighted by Gasteiger charge is 2.06. The Morgan fingerprint density at radius 1 is 1.11 bits per heavy atom. The Morgan fingerprint density at radius 2 is 1.96 bits per heavy atom. The van der Waals surface area contributed by atoms with Gasteiger partial charge in [0, 0.05) is 38.3 Å². The Hall–Kier alpha value is -3.22. The number of hydrogen-bond acceptors (Lipinski definition) is 4. The van der Waals surface area contributed by atoms with Crippen LogP contribution in [0.3, 0.4) is 0 Å². The van der Waals surface area contributed by atoms with Crippen LogP contribution in [-0.4, -0.2) is 43.3 Å². The van der Waals surface area contributed by atoms with Gasteiger partial charge in [-0.15, -0.1) is 0 Å². The average Bonchev–Trinajstić information content (AvgIpc) is 3.16. The lowest BCUT2D eigenvalue weighted by Gasteiger charge is -2.14. The molecule has 0 saturated carbocycles. The number of ether oxygens (including phenoxy) is 2. The summed E-state index contributed by atoms with van der Waals surface area (Å²) >= 11 is 0. The minimum atomic E-state index is 0.610. The molecule has 3 aromatic rings. The first-order valence-corrected chi connectivity index (χ1v) is 9.30. The Labute approximate surface area is 165 Å². The fraction of sp³-hybridized carbons (Fsp3) is 0.333. The summed E-state index contributed by atoms with van der Waals surface area (Å²) in [5, 5.41) is 6.67. The van der Waals surface area contributed by atoms with E-state index in [1.807, 2.05) is 42.7 Å². The summed E-state index contributed by atoms with van der Waals surface area (Å²) in [5.41, 5.74) is 3.23. The van der Waals surface area contributed by atoms with E-state index in [2.05, 4.69) is 31.2 Å². The molecule has 0 aliphatic carbocycles. The summed E-state index contributed by atoms with van der Waals surface area (Å²) in [4.78, 5) is 8.71. The molecule has 0 saturated heterocycles. The van der Waals surface area contributed by atoms with Crippen molar-refractivity contribution in [1.29, 1.82) is 0 Å². The van der Waals surface area contributed by atoms with E-state index in [1.165, 1.54) is 0 Å². The van der Waals surface area contributed by atoms with Crippen LogP contribution in [0.4, 0.5) is 0 Å². The number of nitrogens with one attached hydrogen (secondary N) is 2. The monoisotopic (exact) mass is 381 g/mol. The van der Waals surface area contributed by atoms with Crippen LogP contribution in [0.25, 0.3) is 11.0 Å². The number of rotatable bonds is 8. The maximum Gasteiger partial charge on any atom is 0.191 e. The number of benzene rings is 2. The predicted octanol–water partition coefficient (Wildman–Crippen LogP) is 2.81. The number of aromatic nitrogens is 2. The number of nitrogens with zero attached hydrogens (tertiary/aromatic N) is 3. The zero-order chi connectivity index (χ0) is 19.8. The third kappa shape index (κ3) is 4.73. The molecule has 1 aromatic heterocycles. The maximum absolute atomic E-state index is 5.44. The molecule has 0 radical (unpaired) electrons. The second-order valence-corrected chi connectivity index (χ2v) is 6.31. The van der Waals surface area contributed by atoms with Crippen molar-refractivity contribution >= 4 is 17.0 Å². The molecule has 2 aromatic carbocycles. The van der Waals surface area contributed by atoms with Crippen LogP contribution < -0.4 is 20.1 Å². The minimum Gasteiger partial charge on any atom is -0.497 e. The molecule has 7 nitrogen and oxygen atoms in total. The Bertz CT molecular complexity index is 935. The molecule has 148 valence electrons. The molecule has 7 heteroatoms. The van der Waals surface area contributed by atoms with Crippen LogP contribution in [0.1, 0.15) is 12.0 Å². The second kappa shape index (κ2) is 9.64. The van der Waals surface area contributed by atoms with Crippen molar-refractivity contribution in [3.8, 4) is 11.5 Å². The molecule has 0 unspecified atom stereocenters. The van der Waals surface area contributed by atoms with E-state index in [9.17, 15) is 0 Å². The molecule has 0 aliphatic heterocycles. The van der Waals surface area contributed by atoms with Gasteiger partial charge in [-0.25, -0.2) is 4.98 Å². The van der Waals surface area contributed by atoms with Crippen LogP contribution >= 0.6 is 0 Å². The van der Waals surface area contributed by atoms with Gasteiger partial charge in [-0.3, -0.25) is 4.99 Å². The van der Waals surface area contributed by atoms with Crippen molar-refractivity contribution in [1.82, 2.24) is 20.2 Å². The molecule has 28 heavy (non-hydrogen) atoms. The van der Waals surface area contributed by atoms with Crippen LogP contribution in [0.2, 0.25) is 0 Å². The molecule has 2 N–H and O–H groups in total. The number of guanidine groups is 1. The SMILES string of the molecule is CN=C(NCCCn1cnc2ccccc21)NCc1ccc(OC)cc1OC. The van der Waals surface area contributed by atoms with E-state index in [-0.39, 0.29) is 0 Å². The lowest BCUT2D eigenvalue weighted by Crippen LogP contribution is -2.37. The number of aliphatic imine (C=N–C) groups is 1. The quantitative estimate of drug-likeness (QED) is 0.357. The van der Waals surface area contributed by atoms with E-state index in [0.29, 0.717) is 6.54 Å². The number of fused-ring (bicyclic) bond motifs is 1. The molecule has 0 aliphatic rings. The van der Waals surface area contributed by atoms with E-state index in [1.54, 1.807) is 21.3 Å². The fourth-order valence-electron chi connectivity index (χ4n) is 3.04. The van der Waals surface area contributed by atoms with Crippen molar-refractivity contribution in [3.63, 3.8) is 0 Å². The highest BCUT2D eigenvalue weighted by Crippen LogP contribution is 2.24. The number of methoxy groups -OCH3 is 2. The van der Waals surface area contributed by atoms with Gasteiger partial charge in [0.25, 0.3) is 0 Å². The van der Waals surface area contributed by atoms with Gasteiger partial charge in [-0.05, 0) is 30.7 Å². The predicted molar refractivity (Wildman–Crippen MR) is 112 cm³/mol. The number of hydrogen-bond donors (Lipinski definition) is 2. The van der Waals surface area contributed by atoms with Gasteiger partial charge in [0.1, 0.15) is 11.5 Å². The lowest BCUT2D eigenvalue weighted by atomic mass is 10.2. The van der Waals surface area contributed by atoms with E-state index < -0.39 is 0 Å². The second-order valence-electron chi connectivity index (χ2n) is 6.31. The van der Waals surface area contributed by atoms with E-state index in [4.69, 9.17) is 9.47 Å². The maximum atomic E-state index is 5.44. The molecule has 0 bridgehead atoms. The molecule has 0 amide bonds. The van der Waals surface area contributed by atoms with Gasteiger partial charge < -0.3 is 24.7 Å². The molecule has 1 heterocycles. The Morgan fingerprint density at radius 3 is 2.75 bits per heavy atom. The summed E-state index contributed by atoms with van der Waals surface area (Å²) in [6, 6.07) is 14.0. The van der Waals surface area contributed by atoms with Crippen molar-refractivity contribution < 1.29 is 9.47 Å². The van der Waals surface area contributed by atoms with Gasteiger partial charge in [-0.2, -0.15) is 0 Å². The summed E-state index contributed by atoms with van der Waals surface area (Å²) in [6.07, 6.45) is 2.86. The number of aryl methyl sites for hydroxylation is 1. The summed E-state index contributed by atoms with van der Waals surface area (Å²) in [5.74, 6) is 2.32. The minimum absolute atomic E-state index is 0.610. The molecule has 0 atom stereocenters. The van der Waals surface area contributed by atoms with Gasteiger partial charge in [0.15, 0.2) is 5.96 Å². The van der Waals surface area contributed by atoms with Gasteiger partial charge in [-0.1, -0.05) is 12.1 Å². The van der Waals surface area contributed by atoms with Crippen LogP contribution in [0.5, 0.6) is 11.5 Å². The molecular weight excluding hydrogens is 354 g/mol. The summed E-state index contributed by atoms with van der Waals surface area (Å²) in [7, 11) is 5.07. The zero-order valence-electron chi connectivity index (χ0n) is 16.6. The third-order valence-corrected chi connectivity index (χ3v) is 4.56. The van der Waals surface area contributed by atoms with E-state index >= 15 is 0 Å². The normalized spacial score (nSPS) is 11.5. The largest absolute Gasteiger partial charge is 0.497 e. The van der Waals surface area contributed by atoms with Crippen LogP contribution in [0, 0.1) is 0 Å². The first kappa shape index (κ1) is 19.5. The number of imidazole rings is 1. The Kier molecular flexibility index (Phi) is 6.73. The zero-order valence-corrected chi connectivity index (χ0v) is 16.6. The standard InChI is InChI=1S/C21H27N5O2/c1-22-21(24-14-16-9-10-17(27-2)13-20(16)28-3)23-11-6-12-26-15-25-18-7-4-5-8-19(18)26/h4-5,7-10,13,15H,6,11-12,14H2,1-3H3,(H2,22,23,24). The highest BCUT2D eigenvalue weighted by atomic mass is 16.5. The van der Waals surface area contributed by atoms with Crippen molar-refractivity contribution in [3.05, 3.63) is 54.4 Å². The summed E-state index contributed by atoms with van der Waals surface area (Å²) in [6.45, 7) is 2.32. The van der Waals surface area contributed by atoms with Crippen molar-refractivity contribution in [2.45, 2.75) is 19.5 Å². The van der Waals surface area contributed by atoms with E-state index in [0.717, 1.165) is 53.6 Å². The topological polar surface area (TPSA) is 72.7 Å². The summed E-state index contributed by atoms with van der Waals surface area (Å²) < 4.78 is 12.9. The average molecular weight is 381 g/mol. The van der Waals surface area contributed by atoms with Crippen molar-refractivity contribution in [2.75, 3.05) is 27.8 Å². The molecule has 0 spiro atoms. The molecular formula is C21H27N5O2.